The molecule has 2 N–H and O–H groups in total. The molecule has 0 bridgehead atoms. The van der Waals surface area contributed by atoms with Gasteiger partial charge in [-0.1, -0.05) is 25.5 Å². The maximum Gasteiger partial charge on any atom is 0.303 e. The van der Waals surface area contributed by atoms with Gasteiger partial charge in [-0.3, -0.25) is 9.59 Å². The summed E-state index contributed by atoms with van der Waals surface area (Å²) in [5.41, 5.74) is 0. The van der Waals surface area contributed by atoms with E-state index >= 15 is 0 Å². The number of carbonyl (C=O) groups excluding carboxylic acids is 1. The highest BCUT2D eigenvalue weighted by atomic mass is 16.4. The third-order valence-corrected chi connectivity index (χ3v) is 4.93. The largest absolute Gasteiger partial charge is 0.550 e. The van der Waals surface area contributed by atoms with Crippen molar-refractivity contribution in [2.24, 2.45) is 0 Å². The van der Waals surface area contributed by atoms with Crippen molar-refractivity contribution >= 4 is 17.9 Å². The third-order valence-electron chi connectivity index (χ3n) is 4.93. The minimum Gasteiger partial charge on any atom is -0.550 e. The van der Waals surface area contributed by atoms with Gasteiger partial charge in [-0.2, -0.15) is 0 Å². The molecule has 0 aromatic carbocycles. The molecule has 0 spiro atoms. The van der Waals surface area contributed by atoms with E-state index in [2.05, 4.69) is 19.1 Å². The Labute approximate surface area is 168 Å². The Kier molecular flexibility index (Phi) is 15.0. The van der Waals surface area contributed by atoms with Crippen molar-refractivity contribution in [1.82, 2.24) is 0 Å². The van der Waals surface area contributed by atoms with E-state index in [4.69, 9.17) is 10.2 Å². The molecule has 0 fully saturated rings. The van der Waals surface area contributed by atoms with Crippen LogP contribution in [0.15, 0.2) is 12.2 Å². The van der Waals surface area contributed by atoms with E-state index in [1.54, 1.807) is 0 Å². The van der Waals surface area contributed by atoms with Crippen LogP contribution >= 0.6 is 0 Å². The molecule has 162 valence electrons. The summed E-state index contributed by atoms with van der Waals surface area (Å²) in [5, 5.41) is 28.7. The highest BCUT2D eigenvalue weighted by molar-refractivity contribution is 5.66. The fourth-order valence-electron chi connectivity index (χ4n) is 3.47. The fraction of sp³-hybridized carbons (Fsp3) is 0.762. The number of aliphatic carboxylic acids is 3. The number of carbonyl (C=O) groups is 3. The van der Waals surface area contributed by atoms with Crippen molar-refractivity contribution in [3.8, 4) is 0 Å². The average Bonchev–Trinajstić information content (AvgIpc) is 2.60. The number of nitrogens with zero attached hydrogens (tertiary/aromatic N) is 1. The van der Waals surface area contributed by atoms with Gasteiger partial charge in [-0.05, 0) is 32.1 Å². The predicted molar refractivity (Wildman–Crippen MR) is 106 cm³/mol. The molecule has 7 heteroatoms. The van der Waals surface area contributed by atoms with Crippen LogP contribution in [0, 0.1) is 0 Å². The topological polar surface area (TPSA) is 115 Å². The van der Waals surface area contributed by atoms with Gasteiger partial charge in [-0.25, -0.2) is 0 Å². The summed E-state index contributed by atoms with van der Waals surface area (Å²) < 4.78 is 0.590. The van der Waals surface area contributed by atoms with Crippen LogP contribution in [0.4, 0.5) is 0 Å². The standard InChI is InChI=1S/C21H37NO6/c1-2-3-4-5-6-7-8-15-22(16-9-12-19(23)24,17-10-13-20(25)26)18-11-14-21(27)28/h4-5H,2-3,6-18H2,1H3,(H2-,23,24,25,26,27,28)/b5-4+. The summed E-state index contributed by atoms with van der Waals surface area (Å²) in [4.78, 5) is 32.6. The van der Waals surface area contributed by atoms with Crippen LogP contribution in [0.2, 0.25) is 0 Å². The van der Waals surface area contributed by atoms with Gasteiger partial charge in [0.15, 0.2) is 0 Å². The van der Waals surface area contributed by atoms with Crippen LogP contribution < -0.4 is 5.11 Å². The van der Waals surface area contributed by atoms with Gasteiger partial charge in [0.25, 0.3) is 0 Å². The van der Waals surface area contributed by atoms with Crippen molar-refractivity contribution in [1.29, 1.82) is 0 Å². The number of allylic oxidation sites excluding steroid dienone is 2. The Balaban J connectivity index is 4.87. The van der Waals surface area contributed by atoms with Crippen molar-refractivity contribution in [3.05, 3.63) is 12.2 Å². The van der Waals surface area contributed by atoms with Crippen LogP contribution in [0.25, 0.3) is 0 Å². The second-order valence-electron chi connectivity index (χ2n) is 7.46. The van der Waals surface area contributed by atoms with Crippen molar-refractivity contribution in [3.63, 3.8) is 0 Å². The van der Waals surface area contributed by atoms with Crippen molar-refractivity contribution in [2.75, 3.05) is 26.2 Å². The first-order chi connectivity index (χ1) is 13.3. The summed E-state index contributed by atoms with van der Waals surface area (Å²) in [6.07, 6.45) is 11.1. The molecule has 0 aromatic rings. The molecular weight excluding hydrogens is 362 g/mol. The summed E-state index contributed by atoms with van der Waals surface area (Å²) in [6.45, 7) is 4.82. The molecule has 0 aromatic heterocycles. The molecule has 7 nitrogen and oxygen atoms in total. The first-order valence-corrected chi connectivity index (χ1v) is 10.4. The number of carboxylic acid groups (broad SMARTS) is 3. The van der Waals surface area contributed by atoms with Crippen LogP contribution in [-0.4, -0.2) is 58.8 Å². The smallest absolute Gasteiger partial charge is 0.303 e. The second kappa shape index (κ2) is 16.1. The number of unbranched alkanes of at least 4 members (excludes halogenated alkanes) is 3. The van der Waals surface area contributed by atoms with Crippen LogP contribution in [-0.2, 0) is 14.4 Å². The van der Waals surface area contributed by atoms with Gasteiger partial charge in [0.2, 0.25) is 0 Å². The molecule has 28 heavy (non-hydrogen) atoms. The number of quaternary nitrogens is 1. The van der Waals surface area contributed by atoms with Gasteiger partial charge in [0.1, 0.15) is 0 Å². The first-order valence-electron chi connectivity index (χ1n) is 10.4. The van der Waals surface area contributed by atoms with E-state index in [-0.39, 0.29) is 19.3 Å². The Morgan fingerprint density at radius 3 is 1.68 bits per heavy atom. The van der Waals surface area contributed by atoms with Gasteiger partial charge in [0.05, 0.1) is 39.0 Å². The Bertz CT molecular complexity index is 439. The van der Waals surface area contributed by atoms with Crippen molar-refractivity contribution < 1.29 is 34.2 Å². The molecule has 0 heterocycles. The van der Waals surface area contributed by atoms with E-state index in [0.29, 0.717) is 43.4 Å². The summed E-state index contributed by atoms with van der Waals surface area (Å²) >= 11 is 0. The summed E-state index contributed by atoms with van der Waals surface area (Å²) in [7, 11) is 0. The highest BCUT2D eigenvalue weighted by Gasteiger charge is 2.26. The van der Waals surface area contributed by atoms with Crippen molar-refractivity contribution in [2.45, 2.75) is 77.6 Å². The number of hydrogen-bond acceptors (Lipinski definition) is 4. The molecule has 0 aliphatic rings. The lowest BCUT2D eigenvalue weighted by Crippen LogP contribution is -2.51. The molecule has 0 saturated heterocycles. The van der Waals surface area contributed by atoms with E-state index in [9.17, 15) is 19.5 Å². The van der Waals surface area contributed by atoms with Gasteiger partial charge < -0.3 is 24.6 Å². The molecule has 0 aliphatic carbocycles. The minimum absolute atomic E-state index is 0.0301. The first kappa shape index (κ1) is 26.1. The van der Waals surface area contributed by atoms with Crippen LogP contribution in [0.5, 0.6) is 0 Å². The molecule has 0 aliphatic heterocycles. The molecule has 0 saturated carbocycles. The normalized spacial score (nSPS) is 11.8. The maximum atomic E-state index is 10.9. The fourth-order valence-corrected chi connectivity index (χ4v) is 3.47. The average molecular weight is 400 g/mol. The SMILES string of the molecule is CCC/C=C/CCCC[N+](CCCC(=O)[O-])(CCCC(=O)O)CCCC(=O)O. The van der Waals surface area contributed by atoms with Crippen LogP contribution in [0.1, 0.15) is 77.6 Å². The van der Waals surface area contributed by atoms with E-state index < -0.39 is 17.9 Å². The zero-order valence-electron chi connectivity index (χ0n) is 17.2. The Morgan fingerprint density at radius 1 is 0.750 bits per heavy atom. The van der Waals surface area contributed by atoms with Gasteiger partial charge in [-0.15, -0.1) is 0 Å². The summed E-state index contributed by atoms with van der Waals surface area (Å²) in [5.74, 6) is -2.78. The number of hydrogen-bond donors (Lipinski definition) is 2. The number of rotatable bonds is 19. The van der Waals surface area contributed by atoms with E-state index in [1.165, 1.54) is 0 Å². The van der Waals surface area contributed by atoms with E-state index in [0.717, 1.165) is 38.6 Å². The zero-order chi connectivity index (χ0) is 21.3. The Hall–Kier alpha value is -1.89. The molecule has 0 unspecified atom stereocenters. The number of carboxylic acids is 3. The lowest BCUT2D eigenvalue weighted by molar-refractivity contribution is -0.929. The highest BCUT2D eigenvalue weighted by Crippen LogP contribution is 2.17. The predicted octanol–water partition coefficient (Wildman–Crippen LogP) is 2.59. The molecule has 0 atom stereocenters. The molecular formula is C21H37NO6. The van der Waals surface area contributed by atoms with E-state index in [1.807, 2.05) is 0 Å². The molecule has 0 radical (unpaired) electrons. The van der Waals surface area contributed by atoms with Gasteiger partial charge >= 0.3 is 11.9 Å². The van der Waals surface area contributed by atoms with Crippen LogP contribution in [0.3, 0.4) is 0 Å². The molecule has 0 rings (SSSR count). The quantitative estimate of drug-likeness (QED) is 0.196. The second-order valence-corrected chi connectivity index (χ2v) is 7.46. The lowest BCUT2D eigenvalue weighted by Gasteiger charge is -2.39. The Morgan fingerprint density at radius 2 is 1.21 bits per heavy atom. The zero-order valence-corrected chi connectivity index (χ0v) is 17.2. The minimum atomic E-state index is -1.09. The lowest BCUT2D eigenvalue weighted by atomic mass is 10.1. The monoisotopic (exact) mass is 399 g/mol. The summed E-state index contributed by atoms with van der Waals surface area (Å²) in [6, 6.07) is 0. The maximum absolute atomic E-state index is 10.9. The van der Waals surface area contributed by atoms with Gasteiger partial charge in [0, 0.05) is 25.2 Å². The third kappa shape index (κ3) is 15.2. The molecule has 0 amide bonds.